The first-order valence-corrected chi connectivity index (χ1v) is 2.92. The molecule has 0 unspecified atom stereocenters. The summed E-state index contributed by atoms with van der Waals surface area (Å²) in [4.78, 5) is 9.11. The fraction of sp³-hybridized carbons (Fsp3) is 0.714. The van der Waals surface area contributed by atoms with Gasteiger partial charge in [-0.05, 0) is 20.3 Å². The van der Waals surface area contributed by atoms with E-state index in [1.54, 1.807) is 0 Å². The number of hydrogen-bond donors (Lipinski definition) is 0. The van der Waals surface area contributed by atoms with Gasteiger partial charge in [0.15, 0.2) is 6.11 Å². The molecule has 0 atom stereocenters. The lowest BCUT2D eigenvalue weighted by molar-refractivity contribution is -0.306. The van der Waals surface area contributed by atoms with E-state index in [1.807, 2.05) is 26.9 Å². The van der Waals surface area contributed by atoms with Crippen molar-refractivity contribution in [2.75, 3.05) is 0 Å². The van der Waals surface area contributed by atoms with Crippen molar-refractivity contribution in [1.82, 2.24) is 0 Å². The molecule has 0 saturated carbocycles. The Bertz CT molecular complexity index is 111. The van der Waals surface area contributed by atoms with Crippen LogP contribution in [-0.4, -0.2) is 5.60 Å². The van der Waals surface area contributed by atoms with Crippen LogP contribution in [0.15, 0.2) is 0 Å². The molecule has 0 aromatic carbocycles. The summed E-state index contributed by atoms with van der Waals surface area (Å²) in [5, 5.41) is 0. The van der Waals surface area contributed by atoms with Crippen molar-refractivity contribution >= 4 is 0 Å². The van der Waals surface area contributed by atoms with Crippen LogP contribution in [0.25, 0.3) is 0 Å². The van der Waals surface area contributed by atoms with Crippen LogP contribution in [0.4, 0.5) is 0 Å². The minimum absolute atomic E-state index is 0.271. The van der Waals surface area contributed by atoms with E-state index >= 15 is 0 Å². The average Bonchev–Trinajstić information content (AvgIpc) is 1.84. The molecule has 0 saturated heterocycles. The first-order chi connectivity index (χ1) is 4.12. The van der Waals surface area contributed by atoms with Gasteiger partial charge in [0.05, 0.1) is 0 Å². The molecule has 0 aromatic rings. The minimum atomic E-state index is -0.271. The van der Waals surface area contributed by atoms with Gasteiger partial charge in [0.25, 0.3) is 0 Å². The van der Waals surface area contributed by atoms with Crippen molar-refractivity contribution in [3.8, 4) is 12.5 Å². The largest absolute Gasteiger partial charge is 0.282 e. The maximum Gasteiger partial charge on any atom is 0.153 e. The molecular weight excluding hydrogens is 116 g/mol. The minimum Gasteiger partial charge on any atom is -0.282 e. The third kappa shape index (κ3) is 3.87. The summed E-state index contributed by atoms with van der Waals surface area (Å²) in [5.74, 6) is 0. The van der Waals surface area contributed by atoms with Crippen LogP contribution in [-0.2, 0) is 9.78 Å². The lowest BCUT2D eigenvalue weighted by Crippen LogP contribution is -2.21. The zero-order chi connectivity index (χ0) is 7.33. The van der Waals surface area contributed by atoms with Gasteiger partial charge >= 0.3 is 0 Å². The van der Waals surface area contributed by atoms with E-state index in [9.17, 15) is 0 Å². The van der Waals surface area contributed by atoms with E-state index in [2.05, 4.69) is 4.89 Å². The van der Waals surface area contributed by atoms with E-state index in [-0.39, 0.29) is 5.60 Å². The van der Waals surface area contributed by atoms with Gasteiger partial charge in [0.2, 0.25) is 0 Å². The molecule has 0 aliphatic heterocycles. The van der Waals surface area contributed by atoms with Crippen molar-refractivity contribution in [2.45, 2.75) is 32.8 Å². The van der Waals surface area contributed by atoms with Gasteiger partial charge in [-0.25, -0.2) is 0 Å². The van der Waals surface area contributed by atoms with Crippen molar-refractivity contribution in [3.05, 3.63) is 0 Å². The van der Waals surface area contributed by atoms with Crippen LogP contribution < -0.4 is 0 Å². The van der Waals surface area contributed by atoms with Gasteiger partial charge < -0.3 is 0 Å². The molecule has 2 heteroatoms. The Labute approximate surface area is 56.1 Å². The predicted molar refractivity (Wildman–Crippen MR) is 35.4 cm³/mol. The quantitative estimate of drug-likeness (QED) is 0.327. The smallest absolute Gasteiger partial charge is 0.153 e. The van der Waals surface area contributed by atoms with Gasteiger partial charge in [0.1, 0.15) is 5.60 Å². The van der Waals surface area contributed by atoms with E-state index in [0.29, 0.717) is 0 Å². The Balaban J connectivity index is 3.48. The third-order valence-electron chi connectivity index (χ3n) is 1.17. The standard InChI is InChI=1S/C7H12O2/c1-5-7(3,4)9-8-6-2/h2H,5H2,1,3-4H3. The Morgan fingerprint density at radius 1 is 1.56 bits per heavy atom. The Morgan fingerprint density at radius 3 is 2.44 bits per heavy atom. The first kappa shape index (κ1) is 8.32. The number of rotatable bonds is 3. The lowest BCUT2D eigenvalue weighted by Gasteiger charge is -2.18. The summed E-state index contributed by atoms with van der Waals surface area (Å²) < 4.78 is 0. The zero-order valence-corrected chi connectivity index (χ0v) is 6.10. The molecule has 0 amide bonds. The fourth-order valence-corrected chi connectivity index (χ4v) is 0.196. The monoisotopic (exact) mass is 128 g/mol. The summed E-state index contributed by atoms with van der Waals surface area (Å²) in [6.45, 7) is 5.81. The molecule has 0 fully saturated rings. The van der Waals surface area contributed by atoms with Crippen LogP contribution in [0.3, 0.4) is 0 Å². The van der Waals surface area contributed by atoms with Crippen LogP contribution in [0.1, 0.15) is 27.2 Å². The van der Waals surface area contributed by atoms with E-state index in [1.165, 1.54) is 0 Å². The molecule has 0 aliphatic rings. The third-order valence-corrected chi connectivity index (χ3v) is 1.17. The number of hydrogen-bond acceptors (Lipinski definition) is 2. The highest BCUT2D eigenvalue weighted by Crippen LogP contribution is 2.12. The highest BCUT2D eigenvalue weighted by Gasteiger charge is 2.16. The molecule has 0 rings (SSSR count). The normalized spacial score (nSPS) is 10.4. The van der Waals surface area contributed by atoms with Crippen LogP contribution >= 0.6 is 0 Å². The molecule has 9 heavy (non-hydrogen) atoms. The highest BCUT2D eigenvalue weighted by molar-refractivity contribution is 4.68. The van der Waals surface area contributed by atoms with Crippen LogP contribution in [0, 0.1) is 12.5 Å². The Morgan fingerprint density at radius 2 is 2.11 bits per heavy atom. The van der Waals surface area contributed by atoms with Gasteiger partial charge in [-0.3, -0.25) is 4.89 Å². The summed E-state index contributed by atoms with van der Waals surface area (Å²) >= 11 is 0. The molecule has 0 aliphatic carbocycles. The molecule has 0 bridgehead atoms. The zero-order valence-electron chi connectivity index (χ0n) is 6.10. The van der Waals surface area contributed by atoms with Crippen molar-refractivity contribution < 1.29 is 9.78 Å². The van der Waals surface area contributed by atoms with Crippen molar-refractivity contribution in [3.63, 3.8) is 0 Å². The van der Waals surface area contributed by atoms with Gasteiger partial charge in [-0.15, -0.1) is 0 Å². The molecule has 52 valence electrons. The molecule has 0 radical (unpaired) electrons. The summed E-state index contributed by atoms with van der Waals surface area (Å²) in [6.07, 6.45) is 7.60. The fourth-order valence-electron chi connectivity index (χ4n) is 0.196. The van der Waals surface area contributed by atoms with Gasteiger partial charge in [-0.1, -0.05) is 13.3 Å². The van der Waals surface area contributed by atoms with Crippen molar-refractivity contribution in [1.29, 1.82) is 0 Å². The maximum atomic E-state index is 4.79. The maximum absolute atomic E-state index is 4.79. The van der Waals surface area contributed by atoms with E-state index in [4.69, 9.17) is 11.3 Å². The van der Waals surface area contributed by atoms with E-state index in [0.717, 1.165) is 6.42 Å². The summed E-state index contributed by atoms with van der Waals surface area (Å²) in [6, 6.07) is 0. The van der Waals surface area contributed by atoms with Gasteiger partial charge in [-0.2, -0.15) is 4.89 Å². The molecule has 0 heterocycles. The van der Waals surface area contributed by atoms with Crippen LogP contribution in [0.2, 0.25) is 0 Å². The van der Waals surface area contributed by atoms with Crippen molar-refractivity contribution in [2.24, 2.45) is 0 Å². The molecule has 0 N–H and O–H groups in total. The second kappa shape index (κ2) is 3.37. The topological polar surface area (TPSA) is 18.5 Å². The molecule has 0 spiro atoms. The first-order valence-electron chi connectivity index (χ1n) is 2.92. The second-order valence-electron chi connectivity index (χ2n) is 2.40. The number of terminal acetylenes is 1. The molecule has 2 nitrogen and oxygen atoms in total. The second-order valence-corrected chi connectivity index (χ2v) is 2.40. The highest BCUT2D eigenvalue weighted by atomic mass is 17.2. The lowest BCUT2D eigenvalue weighted by atomic mass is 10.1. The Kier molecular flexibility index (Phi) is 3.11. The van der Waals surface area contributed by atoms with E-state index < -0.39 is 0 Å². The molecular formula is C7H12O2. The van der Waals surface area contributed by atoms with Gasteiger partial charge in [0, 0.05) is 0 Å². The summed E-state index contributed by atoms with van der Waals surface area (Å²) in [5.41, 5.74) is -0.271. The predicted octanol–water partition coefficient (Wildman–Crippen LogP) is 1.71. The molecule has 0 aromatic heterocycles. The average molecular weight is 128 g/mol. The SMILES string of the molecule is C#COOC(C)(C)CC. The summed E-state index contributed by atoms with van der Waals surface area (Å²) in [7, 11) is 0. The van der Waals surface area contributed by atoms with Crippen LogP contribution in [0.5, 0.6) is 0 Å². The Hall–Kier alpha value is -0.680.